The van der Waals surface area contributed by atoms with Crippen molar-refractivity contribution in [2.24, 2.45) is 0 Å². The maximum atomic E-state index is 12.6. The first-order valence-electron chi connectivity index (χ1n) is 9.54. The second-order valence-corrected chi connectivity index (χ2v) is 7.62. The molecule has 0 saturated carbocycles. The molecule has 0 radical (unpaired) electrons. The van der Waals surface area contributed by atoms with E-state index in [1.807, 2.05) is 4.90 Å². The maximum Gasteiger partial charge on any atom is 0.242 e. The number of aromatic nitrogens is 2. The van der Waals surface area contributed by atoms with Crippen molar-refractivity contribution in [1.82, 2.24) is 20.4 Å². The Kier molecular flexibility index (Phi) is 6.42. The van der Waals surface area contributed by atoms with Crippen LogP contribution in [0.4, 0.5) is 10.3 Å². The minimum atomic E-state index is -0.193. The van der Waals surface area contributed by atoms with Gasteiger partial charge in [0.2, 0.25) is 22.1 Å². The number of likely N-dealkylation sites (N-methyl/N-ethyl adjacent to an activating group) is 1. The van der Waals surface area contributed by atoms with Gasteiger partial charge in [-0.05, 0) is 32.4 Å². The van der Waals surface area contributed by atoms with E-state index >= 15 is 0 Å². The molecule has 0 aliphatic carbocycles. The van der Waals surface area contributed by atoms with Gasteiger partial charge in [0.1, 0.15) is 6.04 Å². The zero-order chi connectivity index (χ0) is 18.5. The van der Waals surface area contributed by atoms with Crippen LogP contribution in [0.15, 0.2) is 0 Å². The minimum absolute atomic E-state index is 0.0589. The van der Waals surface area contributed by atoms with Crippen molar-refractivity contribution in [3.8, 4) is 0 Å². The van der Waals surface area contributed by atoms with Crippen LogP contribution in [0.5, 0.6) is 0 Å². The lowest BCUT2D eigenvalue weighted by atomic mass is 10.2. The molecule has 8 nitrogen and oxygen atoms in total. The summed E-state index contributed by atoms with van der Waals surface area (Å²) >= 11 is 1.41. The molecule has 3 heterocycles. The summed E-state index contributed by atoms with van der Waals surface area (Å²) in [5, 5.41) is 12.9. The van der Waals surface area contributed by atoms with Gasteiger partial charge in [0, 0.05) is 32.6 Å². The Morgan fingerprint density at radius 2 is 2.00 bits per heavy atom. The number of amides is 2. The van der Waals surface area contributed by atoms with E-state index in [4.69, 9.17) is 0 Å². The molecular formula is C17H28N6O2S. The summed E-state index contributed by atoms with van der Waals surface area (Å²) in [4.78, 5) is 30.5. The smallest absolute Gasteiger partial charge is 0.242 e. The quantitative estimate of drug-likeness (QED) is 0.727. The lowest BCUT2D eigenvalue weighted by Gasteiger charge is -2.24. The summed E-state index contributed by atoms with van der Waals surface area (Å²) in [6.07, 6.45) is 3.24. The molecule has 0 unspecified atom stereocenters. The average molecular weight is 381 g/mol. The summed E-state index contributed by atoms with van der Waals surface area (Å²) in [5.41, 5.74) is 0. The molecule has 2 saturated heterocycles. The van der Waals surface area contributed by atoms with Gasteiger partial charge in [-0.25, -0.2) is 0 Å². The van der Waals surface area contributed by atoms with E-state index in [0.717, 1.165) is 50.6 Å². The predicted octanol–water partition coefficient (Wildman–Crippen LogP) is 1.09. The molecule has 26 heavy (non-hydrogen) atoms. The molecule has 2 aliphatic rings. The Bertz CT molecular complexity index is 633. The van der Waals surface area contributed by atoms with E-state index in [1.54, 1.807) is 4.90 Å². The first-order valence-corrected chi connectivity index (χ1v) is 10.4. The normalized spacial score (nSPS) is 20.4. The third-order valence-corrected chi connectivity index (χ3v) is 6.11. The van der Waals surface area contributed by atoms with Crippen molar-refractivity contribution in [1.29, 1.82) is 0 Å². The highest BCUT2D eigenvalue weighted by molar-refractivity contribution is 7.19. The molecule has 1 atom stereocenters. The Balaban J connectivity index is 1.58. The largest absolute Gasteiger partial charge is 0.353 e. The van der Waals surface area contributed by atoms with Crippen LogP contribution in [-0.4, -0.2) is 72.2 Å². The highest BCUT2D eigenvalue weighted by atomic mass is 32.1. The molecule has 9 heteroatoms. The molecule has 0 spiro atoms. The van der Waals surface area contributed by atoms with Crippen molar-refractivity contribution < 1.29 is 9.59 Å². The van der Waals surface area contributed by atoms with Crippen LogP contribution in [0.25, 0.3) is 0 Å². The van der Waals surface area contributed by atoms with Gasteiger partial charge in [-0.2, -0.15) is 0 Å². The topological polar surface area (TPSA) is 81.7 Å². The Labute approximate surface area is 158 Å². The third kappa shape index (κ3) is 4.15. The molecule has 1 aromatic heterocycles. The van der Waals surface area contributed by atoms with Crippen LogP contribution in [0, 0.1) is 0 Å². The number of hydrogen-bond donors (Lipinski definition) is 1. The van der Waals surface area contributed by atoms with Crippen molar-refractivity contribution in [3.05, 3.63) is 0 Å². The number of anilines is 2. The standard InChI is InChI=1S/C17H28N6O2S/c1-3-21(4-2)12-9-18-15(25)13-7-5-10-22(13)16-19-20-17(26-16)23-11-6-8-14(23)24/h13H,3-12H2,1-2H3,(H,18,25)/t13-/m0/s1. The van der Waals surface area contributed by atoms with Crippen molar-refractivity contribution in [3.63, 3.8) is 0 Å². The highest BCUT2D eigenvalue weighted by Gasteiger charge is 2.34. The Morgan fingerprint density at radius 3 is 2.69 bits per heavy atom. The van der Waals surface area contributed by atoms with E-state index in [-0.39, 0.29) is 17.9 Å². The SMILES string of the molecule is CCN(CC)CCNC(=O)[C@@H]1CCCN1c1nnc(N2CCCC2=O)s1. The lowest BCUT2D eigenvalue weighted by molar-refractivity contribution is -0.122. The number of rotatable bonds is 8. The summed E-state index contributed by atoms with van der Waals surface area (Å²) in [5.74, 6) is 0.170. The molecule has 0 bridgehead atoms. The van der Waals surface area contributed by atoms with Crippen molar-refractivity contribution >= 4 is 33.4 Å². The zero-order valence-corrected chi connectivity index (χ0v) is 16.4. The second-order valence-electron chi connectivity index (χ2n) is 6.69. The van der Waals surface area contributed by atoms with E-state index in [0.29, 0.717) is 24.6 Å². The molecule has 1 N–H and O–H groups in total. The molecule has 2 aliphatic heterocycles. The second kappa shape index (κ2) is 8.77. The van der Waals surface area contributed by atoms with Crippen LogP contribution in [0.2, 0.25) is 0 Å². The van der Waals surface area contributed by atoms with Crippen LogP contribution in [0.1, 0.15) is 39.5 Å². The van der Waals surface area contributed by atoms with E-state index in [1.165, 1.54) is 11.3 Å². The molecule has 2 fully saturated rings. The molecule has 1 aromatic rings. The minimum Gasteiger partial charge on any atom is -0.353 e. The van der Waals surface area contributed by atoms with Gasteiger partial charge in [0.05, 0.1) is 0 Å². The van der Waals surface area contributed by atoms with Gasteiger partial charge in [-0.1, -0.05) is 25.2 Å². The van der Waals surface area contributed by atoms with Gasteiger partial charge in [-0.3, -0.25) is 14.5 Å². The molecule has 2 amide bonds. The van der Waals surface area contributed by atoms with Gasteiger partial charge in [0.25, 0.3) is 0 Å². The highest BCUT2D eigenvalue weighted by Crippen LogP contribution is 2.33. The van der Waals surface area contributed by atoms with E-state index < -0.39 is 0 Å². The monoisotopic (exact) mass is 380 g/mol. The summed E-state index contributed by atoms with van der Waals surface area (Å²) < 4.78 is 0. The van der Waals surface area contributed by atoms with Crippen molar-refractivity contribution in [2.75, 3.05) is 49.1 Å². The van der Waals surface area contributed by atoms with Crippen LogP contribution >= 0.6 is 11.3 Å². The number of nitrogens with zero attached hydrogens (tertiary/aromatic N) is 5. The van der Waals surface area contributed by atoms with Gasteiger partial charge in [-0.15, -0.1) is 10.2 Å². The molecule has 0 aromatic carbocycles. The zero-order valence-electron chi connectivity index (χ0n) is 15.6. The third-order valence-electron chi connectivity index (χ3n) is 5.13. The van der Waals surface area contributed by atoms with Gasteiger partial charge in [0.15, 0.2) is 0 Å². The van der Waals surface area contributed by atoms with Crippen molar-refractivity contribution in [2.45, 2.75) is 45.6 Å². The Hall–Kier alpha value is -1.74. The van der Waals surface area contributed by atoms with Gasteiger partial charge < -0.3 is 15.1 Å². The van der Waals surface area contributed by atoms with Crippen LogP contribution in [-0.2, 0) is 9.59 Å². The van der Waals surface area contributed by atoms with E-state index in [2.05, 4.69) is 34.3 Å². The fourth-order valence-corrected chi connectivity index (χ4v) is 4.51. The molecule has 3 rings (SSSR count). The number of carbonyl (C=O) groups excluding carboxylic acids is 2. The molecular weight excluding hydrogens is 352 g/mol. The summed E-state index contributed by atoms with van der Waals surface area (Å²) in [6, 6.07) is -0.193. The Morgan fingerprint density at radius 1 is 1.23 bits per heavy atom. The van der Waals surface area contributed by atoms with Crippen LogP contribution in [0.3, 0.4) is 0 Å². The lowest BCUT2D eigenvalue weighted by Crippen LogP contribution is -2.45. The average Bonchev–Trinajstić information content (AvgIpc) is 3.37. The summed E-state index contributed by atoms with van der Waals surface area (Å²) in [6.45, 7) is 9.28. The maximum absolute atomic E-state index is 12.6. The van der Waals surface area contributed by atoms with Crippen LogP contribution < -0.4 is 15.1 Å². The number of nitrogens with one attached hydrogen (secondary N) is 1. The van der Waals surface area contributed by atoms with E-state index in [9.17, 15) is 9.59 Å². The predicted molar refractivity (Wildman–Crippen MR) is 103 cm³/mol. The first kappa shape index (κ1) is 19.0. The number of carbonyl (C=O) groups is 2. The van der Waals surface area contributed by atoms with Gasteiger partial charge >= 0.3 is 0 Å². The summed E-state index contributed by atoms with van der Waals surface area (Å²) in [7, 11) is 0. The first-order chi connectivity index (χ1) is 12.6. The fourth-order valence-electron chi connectivity index (χ4n) is 3.55. The number of hydrogen-bond acceptors (Lipinski definition) is 7. The molecule has 144 valence electrons. The fraction of sp³-hybridized carbons (Fsp3) is 0.765.